The molecule has 5 aromatic rings. The fourth-order valence-corrected chi connectivity index (χ4v) is 4.71. The van der Waals surface area contributed by atoms with E-state index < -0.39 is 0 Å². The Labute approximate surface area is 224 Å². The average Bonchev–Trinajstić information content (AvgIpc) is 3.40. The Morgan fingerprint density at radius 3 is 2.46 bits per heavy atom. The van der Waals surface area contributed by atoms with Gasteiger partial charge in [0.05, 0.1) is 11.9 Å². The Morgan fingerprint density at radius 1 is 0.872 bits per heavy atom. The number of nitrogens with zero attached hydrogens (tertiary/aromatic N) is 6. The summed E-state index contributed by atoms with van der Waals surface area (Å²) in [6.07, 6.45) is 10.1. The van der Waals surface area contributed by atoms with E-state index in [0.29, 0.717) is 28.8 Å². The number of pyridine rings is 1. The van der Waals surface area contributed by atoms with Crippen LogP contribution in [0.5, 0.6) is 0 Å². The third-order valence-corrected chi connectivity index (χ3v) is 6.78. The maximum absolute atomic E-state index is 13.1. The predicted octanol–water partition coefficient (Wildman–Crippen LogP) is 4.26. The van der Waals surface area contributed by atoms with Gasteiger partial charge in [-0.3, -0.25) is 4.79 Å². The highest BCUT2D eigenvalue weighted by molar-refractivity contribution is 6.03. The van der Waals surface area contributed by atoms with Crippen molar-refractivity contribution in [2.45, 2.75) is 37.8 Å². The molecule has 39 heavy (non-hydrogen) atoms. The van der Waals surface area contributed by atoms with Crippen LogP contribution in [-0.4, -0.2) is 47.5 Å². The van der Waals surface area contributed by atoms with Crippen LogP contribution in [0.1, 0.15) is 36.2 Å². The van der Waals surface area contributed by atoms with Crippen molar-refractivity contribution in [3.8, 4) is 11.1 Å². The van der Waals surface area contributed by atoms with Gasteiger partial charge in [-0.15, -0.1) is 5.10 Å². The van der Waals surface area contributed by atoms with Gasteiger partial charge in [0.15, 0.2) is 11.3 Å². The normalized spacial score (nSPS) is 17.1. The van der Waals surface area contributed by atoms with Gasteiger partial charge in [-0.1, -0.05) is 30.3 Å². The molecular weight excluding hydrogens is 492 g/mol. The fourth-order valence-electron chi connectivity index (χ4n) is 4.71. The van der Waals surface area contributed by atoms with Crippen molar-refractivity contribution in [3.63, 3.8) is 0 Å². The van der Waals surface area contributed by atoms with Crippen LogP contribution in [0.15, 0.2) is 79.5 Å². The largest absolute Gasteiger partial charge is 0.366 e. The van der Waals surface area contributed by atoms with Crippen LogP contribution in [0.3, 0.4) is 0 Å². The standard InChI is InChI=1S/C28H28N10O/c29-20-7-9-21(10-8-20)34-26-14-22(35-24-11-6-19(15-31-24)18-4-2-1-3-5-18)27-32-16-23(38(27)37-26)28(39)36-25-12-13-30-17-33-25/h1-6,11-17,20-21H,7-10,29H2,(H,31,35)(H,34,37)(H,30,33,36,39)/t20-,21-. The van der Waals surface area contributed by atoms with Crippen molar-refractivity contribution in [2.24, 2.45) is 5.73 Å². The van der Waals surface area contributed by atoms with Crippen LogP contribution >= 0.6 is 0 Å². The van der Waals surface area contributed by atoms with Crippen LogP contribution < -0.4 is 21.7 Å². The number of aromatic nitrogens is 6. The molecule has 1 aliphatic rings. The molecule has 1 saturated carbocycles. The summed E-state index contributed by atoms with van der Waals surface area (Å²) in [5.41, 5.74) is 9.64. The number of hydrogen-bond donors (Lipinski definition) is 4. The average molecular weight is 521 g/mol. The molecule has 0 spiro atoms. The third kappa shape index (κ3) is 5.53. The van der Waals surface area contributed by atoms with Crippen LogP contribution in [-0.2, 0) is 0 Å². The fraction of sp³-hybridized carbons (Fsp3) is 0.214. The Balaban J connectivity index is 1.32. The number of nitrogens with one attached hydrogen (secondary N) is 3. The van der Waals surface area contributed by atoms with Crippen LogP contribution in [0, 0.1) is 0 Å². The van der Waals surface area contributed by atoms with E-state index in [1.165, 1.54) is 17.0 Å². The Hall–Kier alpha value is -4.90. The summed E-state index contributed by atoms with van der Waals surface area (Å²) in [6, 6.07) is 18.0. The van der Waals surface area contributed by atoms with Crippen molar-refractivity contribution in [1.29, 1.82) is 0 Å². The lowest BCUT2D eigenvalue weighted by Gasteiger charge is -2.27. The highest BCUT2D eigenvalue weighted by atomic mass is 16.2. The zero-order valence-electron chi connectivity index (χ0n) is 21.2. The molecule has 1 fully saturated rings. The lowest BCUT2D eigenvalue weighted by Crippen LogP contribution is -2.33. The second-order valence-corrected chi connectivity index (χ2v) is 9.55. The second-order valence-electron chi connectivity index (χ2n) is 9.55. The molecular formula is C28H28N10O. The van der Waals surface area contributed by atoms with Gasteiger partial charge in [0.25, 0.3) is 5.91 Å². The van der Waals surface area contributed by atoms with Crippen molar-refractivity contribution in [1.82, 2.24) is 29.5 Å². The zero-order valence-corrected chi connectivity index (χ0v) is 21.2. The van der Waals surface area contributed by atoms with E-state index in [0.717, 1.165) is 36.8 Å². The summed E-state index contributed by atoms with van der Waals surface area (Å²) in [6.45, 7) is 0. The number of anilines is 4. The first-order valence-corrected chi connectivity index (χ1v) is 12.9. The molecule has 11 heteroatoms. The maximum atomic E-state index is 13.1. The number of amides is 1. The van der Waals surface area contributed by atoms with E-state index >= 15 is 0 Å². The van der Waals surface area contributed by atoms with Gasteiger partial charge in [0.2, 0.25) is 0 Å². The summed E-state index contributed by atoms with van der Waals surface area (Å²) in [5.74, 6) is 1.28. The topological polar surface area (TPSA) is 148 Å². The molecule has 0 atom stereocenters. The molecule has 0 unspecified atom stereocenters. The summed E-state index contributed by atoms with van der Waals surface area (Å²) in [4.78, 5) is 30.2. The quantitative estimate of drug-likeness (QED) is 0.247. The van der Waals surface area contributed by atoms with Crippen LogP contribution in [0.25, 0.3) is 16.8 Å². The van der Waals surface area contributed by atoms with E-state index in [2.05, 4.69) is 35.9 Å². The first-order valence-electron chi connectivity index (χ1n) is 12.9. The molecule has 0 aliphatic heterocycles. The van der Waals surface area contributed by atoms with E-state index in [1.807, 2.05) is 54.7 Å². The predicted molar refractivity (Wildman–Crippen MR) is 150 cm³/mol. The van der Waals surface area contributed by atoms with E-state index in [9.17, 15) is 4.79 Å². The number of carbonyl (C=O) groups excluding carboxylic acids is 1. The first kappa shape index (κ1) is 24.4. The van der Waals surface area contributed by atoms with Gasteiger partial charge in [-0.05, 0) is 49.4 Å². The lowest BCUT2D eigenvalue weighted by molar-refractivity contribution is 0.102. The summed E-state index contributed by atoms with van der Waals surface area (Å²) >= 11 is 0. The number of carbonyl (C=O) groups is 1. The highest BCUT2D eigenvalue weighted by Gasteiger charge is 2.21. The first-order chi connectivity index (χ1) is 19.1. The minimum Gasteiger partial charge on any atom is -0.366 e. The molecule has 0 saturated heterocycles. The number of fused-ring (bicyclic) bond motifs is 1. The maximum Gasteiger partial charge on any atom is 0.277 e. The summed E-state index contributed by atoms with van der Waals surface area (Å²) < 4.78 is 1.54. The van der Waals surface area contributed by atoms with E-state index in [-0.39, 0.29) is 23.7 Å². The van der Waals surface area contributed by atoms with Crippen LogP contribution in [0.2, 0.25) is 0 Å². The Bertz CT molecular complexity index is 1560. The molecule has 196 valence electrons. The molecule has 5 N–H and O–H groups in total. The second kappa shape index (κ2) is 10.8. The molecule has 6 rings (SSSR count). The van der Waals surface area contributed by atoms with E-state index in [4.69, 9.17) is 10.8 Å². The summed E-state index contributed by atoms with van der Waals surface area (Å²) in [7, 11) is 0. The van der Waals surface area contributed by atoms with Crippen molar-refractivity contribution >= 4 is 34.7 Å². The number of rotatable bonds is 7. The monoisotopic (exact) mass is 520 g/mol. The van der Waals surface area contributed by atoms with Crippen molar-refractivity contribution in [3.05, 3.63) is 85.2 Å². The zero-order chi connectivity index (χ0) is 26.6. The number of nitrogens with two attached hydrogens (primary N) is 1. The van der Waals surface area contributed by atoms with Crippen LogP contribution in [0.4, 0.5) is 23.1 Å². The molecule has 4 aromatic heterocycles. The van der Waals surface area contributed by atoms with Gasteiger partial charge >= 0.3 is 0 Å². The van der Waals surface area contributed by atoms with Crippen molar-refractivity contribution in [2.75, 3.05) is 16.0 Å². The molecule has 0 radical (unpaired) electrons. The molecule has 1 aliphatic carbocycles. The smallest absolute Gasteiger partial charge is 0.277 e. The number of benzene rings is 1. The Kier molecular flexibility index (Phi) is 6.79. The number of imidazole rings is 1. The van der Waals surface area contributed by atoms with Crippen molar-refractivity contribution < 1.29 is 4.79 Å². The SMILES string of the molecule is N[C@H]1CC[C@H](Nc2cc(Nc3ccc(-c4ccccc4)cn3)c3ncc(C(=O)Nc4ccncn4)n3n2)CC1. The summed E-state index contributed by atoms with van der Waals surface area (Å²) in [5, 5.41) is 14.4. The minimum atomic E-state index is -0.384. The Morgan fingerprint density at radius 2 is 1.72 bits per heavy atom. The number of hydrogen-bond acceptors (Lipinski definition) is 9. The van der Waals surface area contributed by atoms with Gasteiger partial charge in [0, 0.05) is 36.1 Å². The molecule has 4 heterocycles. The van der Waals surface area contributed by atoms with Gasteiger partial charge in [0.1, 0.15) is 23.8 Å². The molecule has 1 aromatic carbocycles. The molecule has 1 amide bonds. The van der Waals surface area contributed by atoms with Gasteiger partial charge in [-0.2, -0.15) is 0 Å². The van der Waals surface area contributed by atoms with Gasteiger partial charge in [-0.25, -0.2) is 24.5 Å². The van der Waals surface area contributed by atoms with Gasteiger partial charge < -0.3 is 21.7 Å². The minimum absolute atomic E-state index is 0.242. The highest BCUT2D eigenvalue weighted by Crippen LogP contribution is 2.27. The lowest BCUT2D eigenvalue weighted by atomic mass is 9.92. The van der Waals surface area contributed by atoms with E-state index in [1.54, 1.807) is 12.3 Å². The molecule has 11 nitrogen and oxygen atoms in total. The third-order valence-electron chi connectivity index (χ3n) is 6.78. The molecule has 0 bridgehead atoms.